The van der Waals surface area contributed by atoms with E-state index in [1.165, 1.54) is 15.3 Å². The second-order valence-corrected chi connectivity index (χ2v) is 9.31. The topological polar surface area (TPSA) is 119 Å². The van der Waals surface area contributed by atoms with Crippen LogP contribution in [0.3, 0.4) is 0 Å². The first-order valence-electron chi connectivity index (χ1n) is 10.2. The van der Waals surface area contributed by atoms with Gasteiger partial charge in [0.2, 0.25) is 15.9 Å². The molecule has 0 spiro atoms. The highest BCUT2D eigenvalue weighted by molar-refractivity contribution is 7.89. The van der Waals surface area contributed by atoms with Gasteiger partial charge < -0.3 is 10.1 Å². The number of morpholine rings is 1. The van der Waals surface area contributed by atoms with Gasteiger partial charge in [-0.25, -0.2) is 13.1 Å². The molecular weight excluding hydrogens is 432 g/mol. The summed E-state index contributed by atoms with van der Waals surface area (Å²) in [5.74, 6) is -0.230. The first-order chi connectivity index (χ1) is 15.5. The Labute approximate surface area is 186 Å². The van der Waals surface area contributed by atoms with Crippen LogP contribution in [0.15, 0.2) is 65.8 Å². The zero-order valence-electron chi connectivity index (χ0n) is 17.4. The number of hydrogen-bond acceptors (Lipinski definition) is 7. The Kier molecular flexibility index (Phi) is 6.88. The summed E-state index contributed by atoms with van der Waals surface area (Å²) < 4.78 is 33.6. The van der Waals surface area contributed by atoms with E-state index in [1.54, 1.807) is 24.3 Å². The van der Waals surface area contributed by atoms with Crippen LogP contribution in [0, 0.1) is 0 Å². The van der Waals surface area contributed by atoms with Crippen LogP contribution in [0.1, 0.15) is 17.2 Å². The number of hydrogen-bond donors (Lipinski definition) is 1. The summed E-state index contributed by atoms with van der Waals surface area (Å²) in [6.07, 6.45) is 1.85. The smallest absolute Gasteiger partial charge is 0.245 e. The maximum atomic E-state index is 12.9. The molecule has 1 N–H and O–H groups in total. The van der Waals surface area contributed by atoms with Gasteiger partial charge in [0.05, 0.1) is 18.1 Å². The van der Waals surface area contributed by atoms with Gasteiger partial charge >= 0.3 is 0 Å². The van der Waals surface area contributed by atoms with E-state index in [1.807, 2.05) is 30.3 Å². The minimum Gasteiger partial charge on any atom is -0.379 e. The number of benzene rings is 2. The van der Waals surface area contributed by atoms with Crippen molar-refractivity contribution < 1.29 is 17.9 Å². The van der Waals surface area contributed by atoms with Crippen LogP contribution < -0.4 is 5.32 Å². The standard InChI is InChI=1S/C21H24N6O4S/c28-21(20(27-16-23-24-25-27)14-17-4-2-1-3-5-17)22-15-18-6-8-19(9-7-18)32(29,30)26-10-12-31-13-11-26/h1-9,16,20H,10-15H2,(H,22,28). The number of aromatic nitrogens is 4. The number of nitrogens with zero attached hydrogens (tertiary/aromatic N) is 5. The van der Waals surface area contributed by atoms with E-state index in [4.69, 9.17) is 4.74 Å². The van der Waals surface area contributed by atoms with Crippen molar-refractivity contribution in [2.75, 3.05) is 26.3 Å². The number of nitrogens with one attached hydrogen (secondary N) is 1. The molecular formula is C21H24N6O4S. The molecule has 1 atom stereocenters. The summed E-state index contributed by atoms with van der Waals surface area (Å²) >= 11 is 0. The van der Waals surface area contributed by atoms with Gasteiger partial charge in [-0.05, 0) is 33.7 Å². The van der Waals surface area contributed by atoms with Gasteiger partial charge in [-0.15, -0.1) is 5.10 Å². The molecule has 0 saturated carbocycles. The molecule has 0 radical (unpaired) electrons. The highest BCUT2D eigenvalue weighted by Gasteiger charge is 2.26. The molecule has 10 nitrogen and oxygen atoms in total. The maximum absolute atomic E-state index is 12.9. The molecule has 1 unspecified atom stereocenters. The molecule has 1 fully saturated rings. The Hall–Kier alpha value is -3.15. The summed E-state index contributed by atoms with van der Waals surface area (Å²) in [6.45, 7) is 1.74. The largest absolute Gasteiger partial charge is 0.379 e. The Bertz CT molecular complexity index is 1110. The van der Waals surface area contributed by atoms with Crippen molar-refractivity contribution in [2.45, 2.75) is 23.9 Å². The third kappa shape index (κ3) is 5.18. The van der Waals surface area contributed by atoms with E-state index >= 15 is 0 Å². The highest BCUT2D eigenvalue weighted by atomic mass is 32.2. The molecule has 1 aliphatic rings. The molecule has 1 amide bonds. The van der Waals surface area contributed by atoms with Crippen molar-refractivity contribution in [3.05, 3.63) is 72.1 Å². The van der Waals surface area contributed by atoms with Gasteiger partial charge in [0.15, 0.2) is 0 Å². The maximum Gasteiger partial charge on any atom is 0.245 e. The number of sulfonamides is 1. The van der Waals surface area contributed by atoms with Crippen molar-refractivity contribution in [3.63, 3.8) is 0 Å². The van der Waals surface area contributed by atoms with Gasteiger partial charge in [0.25, 0.3) is 0 Å². The van der Waals surface area contributed by atoms with Crippen LogP contribution in [0.25, 0.3) is 0 Å². The average molecular weight is 457 g/mol. The van der Waals surface area contributed by atoms with E-state index in [0.717, 1.165) is 11.1 Å². The summed E-state index contributed by atoms with van der Waals surface area (Å²) in [4.78, 5) is 13.1. The number of rotatable bonds is 8. The van der Waals surface area contributed by atoms with E-state index in [2.05, 4.69) is 20.8 Å². The van der Waals surface area contributed by atoms with Crippen LogP contribution in [0.4, 0.5) is 0 Å². The van der Waals surface area contributed by atoms with Crippen LogP contribution in [-0.4, -0.2) is 65.1 Å². The zero-order valence-corrected chi connectivity index (χ0v) is 18.2. The Morgan fingerprint density at radius 3 is 2.41 bits per heavy atom. The summed E-state index contributed by atoms with van der Waals surface area (Å²) in [5.41, 5.74) is 1.77. The van der Waals surface area contributed by atoms with Crippen molar-refractivity contribution in [1.82, 2.24) is 29.8 Å². The van der Waals surface area contributed by atoms with Crippen molar-refractivity contribution in [2.24, 2.45) is 0 Å². The fraction of sp³-hybridized carbons (Fsp3) is 0.333. The molecule has 1 aliphatic heterocycles. The Morgan fingerprint density at radius 2 is 1.75 bits per heavy atom. The van der Waals surface area contributed by atoms with Gasteiger partial charge in [0, 0.05) is 26.1 Å². The summed E-state index contributed by atoms with van der Waals surface area (Å²) in [5, 5.41) is 14.1. The quantitative estimate of drug-likeness (QED) is 0.532. The van der Waals surface area contributed by atoms with Gasteiger partial charge in [0.1, 0.15) is 12.4 Å². The fourth-order valence-electron chi connectivity index (χ4n) is 3.48. The van der Waals surface area contributed by atoms with Crippen LogP contribution >= 0.6 is 0 Å². The van der Waals surface area contributed by atoms with Crippen LogP contribution in [0.2, 0.25) is 0 Å². The van der Waals surface area contributed by atoms with E-state index in [9.17, 15) is 13.2 Å². The minimum atomic E-state index is -3.55. The first-order valence-corrected chi connectivity index (χ1v) is 11.7. The Balaban J connectivity index is 1.41. The molecule has 11 heteroatoms. The van der Waals surface area contributed by atoms with Crippen LogP contribution in [-0.2, 0) is 32.5 Å². The highest BCUT2D eigenvalue weighted by Crippen LogP contribution is 2.18. The normalized spacial score (nSPS) is 15.9. The zero-order chi connectivity index (χ0) is 22.4. The van der Waals surface area contributed by atoms with Gasteiger partial charge in [-0.2, -0.15) is 4.31 Å². The van der Waals surface area contributed by atoms with E-state index < -0.39 is 16.1 Å². The van der Waals surface area contributed by atoms with Crippen LogP contribution in [0.5, 0.6) is 0 Å². The number of ether oxygens (including phenoxy) is 1. The lowest BCUT2D eigenvalue weighted by Gasteiger charge is -2.26. The molecule has 0 bridgehead atoms. The fourth-order valence-corrected chi connectivity index (χ4v) is 4.89. The molecule has 2 aromatic carbocycles. The lowest BCUT2D eigenvalue weighted by atomic mass is 10.1. The predicted octanol–water partition coefficient (Wildman–Crippen LogP) is 0.794. The molecule has 168 valence electrons. The third-order valence-corrected chi connectivity index (χ3v) is 7.17. The number of tetrazole rings is 1. The SMILES string of the molecule is O=C(NCc1ccc(S(=O)(=O)N2CCOCC2)cc1)C(Cc1ccccc1)n1cnnn1. The summed E-state index contributed by atoms with van der Waals surface area (Å²) in [7, 11) is -3.55. The lowest BCUT2D eigenvalue weighted by molar-refractivity contribution is -0.124. The molecule has 2 heterocycles. The third-order valence-electron chi connectivity index (χ3n) is 5.26. The predicted molar refractivity (Wildman–Crippen MR) is 115 cm³/mol. The molecule has 1 saturated heterocycles. The second kappa shape index (κ2) is 9.98. The second-order valence-electron chi connectivity index (χ2n) is 7.37. The van der Waals surface area contributed by atoms with E-state index in [0.29, 0.717) is 32.7 Å². The number of carbonyl (C=O) groups excluding carboxylic acids is 1. The van der Waals surface area contributed by atoms with E-state index in [-0.39, 0.29) is 17.3 Å². The average Bonchev–Trinajstić information content (AvgIpc) is 3.37. The van der Waals surface area contributed by atoms with Gasteiger partial charge in [-0.3, -0.25) is 4.79 Å². The summed E-state index contributed by atoms with van der Waals surface area (Å²) in [6, 6.07) is 15.6. The van der Waals surface area contributed by atoms with Crippen molar-refractivity contribution in [1.29, 1.82) is 0 Å². The van der Waals surface area contributed by atoms with Gasteiger partial charge in [-0.1, -0.05) is 42.5 Å². The molecule has 0 aliphatic carbocycles. The first kappa shape index (κ1) is 22.1. The monoisotopic (exact) mass is 456 g/mol. The molecule has 32 heavy (non-hydrogen) atoms. The minimum absolute atomic E-state index is 0.227. The van der Waals surface area contributed by atoms with Crippen molar-refractivity contribution >= 4 is 15.9 Å². The lowest BCUT2D eigenvalue weighted by Crippen LogP contribution is -2.40. The number of carbonyl (C=O) groups is 1. The Morgan fingerprint density at radius 1 is 1.03 bits per heavy atom. The number of amides is 1. The van der Waals surface area contributed by atoms with Crippen molar-refractivity contribution in [3.8, 4) is 0 Å². The molecule has 1 aromatic heterocycles. The molecule has 4 rings (SSSR count). The molecule has 3 aromatic rings.